The molecule has 0 bridgehead atoms. The first-order valence-corrected chi connectivity index (χ1v) is 6.41. The van der Waals surface area contributed by atoms with Crippen molar-refractivity contribution in [3.05, 3.63) is 42.0 Å². The molecular weight excluding hydrogens is 254 g/mol. The van der Waals surface area contributed by atoms with Crippen LogP contribution in [0.4, 0.5) is 11.4 Å². The van der Waals surface area contributed by atoms with E-state index in [2.05, 4.69) is 15.3 Å². The minimum atomic E-state index is -0.0505. The van der Waals surface area contributed by atoms with Gasteiger partial charge < -0.3 is 20.9 Å². The average molecular weight is 273 g/mol. The average Bonchev–Trinajstić information content (AvgIpc) is 2.91. The van der Waals surface area contributed by atoms with Crippen LogP contribution in [0.25, 0.3) is 0 Å². The molecule has 0 saturated carbocycles. The standard InChI is InChI=1S/C14H19N5O/c1-19(2)14(20)11-4-3-10(15)9-12(11)16-6-5-13-17-7-8-18-13/h3-4,7-9,16H,5-6,15H2,1-2H3,(H,17,18). The highest BCUT2D eigenvalue weighted by atomic mass is 16.2. The van der Waals surface area contributed by atoms with Gasteiger partial charge in [-0.1, -0.05) is 0 Å². The van der Waals surface area contributed by atoms with Crippen molar-refractivity contribution < 1.29 is 4.79 Å². The predicted octanol–water partition coefficient (Wildman–Crippen LogP) is 1.35. The van der Waals surface area contributed by atoms with Gasteiger partial charge in [0.05, 0.1) is 5.56 Å². The molecule has 0 unspecified atom stereocenters. The van der Waals surface area contributed by atoms with Crippen molar-refractivity contribution in [3.63, 3.8) is 0 Å². The summed E-state index contributed by atoms with van der Waals surface area (Å²) in [6.45, 7) is 0.671. The lowest BCUT2D eigenvalue weighted by atomic mass is 10.1. The van der Waals surface area contributed by atoms with Crippen LogP contribution in [0.3, 0.4) is 0 Å². The van der Waals surface area contributed by atoms with E-state index < -0.39 is 0 Å². The second kappa shape index (κ2) is 6.10. The smallest absolute Gasteiger partial charge is 0.255 e. The van der Waals surface area contributed by atoms with Crippen molar-refractivity contribution >= 4 is 17.3 Å². The number of benzene rings is 1. The first-order chi connectivity index (χ1) is 9.58. The molecule has 0 atom stereocenters. The number of carbonyl (C=O) groups excluding carboxylic acids is 1. The number of nitrogens with two attached hydrogens (primary N) is 1. The van der Waals surface area contributed by atoms with Crippen molar-refractivity contribution in [2.45, 2.75) is 6.42 Å². The number of nitrogens with one attached hydrogen (secondary N) is 2. The fourth-order valence-corrected chi connectivity index (χ4v) is 1.89. The Kier molecular flexibility index (Phi) is 4.24. The summed E-state index contributed by atoms with van der Waals surface area (Å²) in [7, 11) is 3.45. The Hall–Kier alpha value is -2.50. The first kappa shape index (κ1) is 13.9. The van der Waals surface area contributed by atoms with Crippen LogP contribution in [0.2, 0.25) is 0 Å². The molecule has 6 heteroatoms. The first-order valence-electron chi connectivity index (χ1n) is 6.41. The van der Waals surface area contributed by atoms with Crippen LogP contribution in [0.15, 0.2) is 30.6 Å². The number of imidazole rings is 1. The highest BCUT2D eigenvalue weighted by Gasteiger charge is 2.13. The van der Waals surface area contributed by atoms with E-state index in [0.29, 0.717) is 17.8 Å². The van der Waals surface area contributed by atoms with Crippen LogP contribution in [0, 0.1) is 0 Å². The van der Waals surface area contributed by atoms with E-state index in [1.54, 1.807) is 49.6 Å². The zero-order valence-corrected chi connectivity index (χ0v) is 11.7. The molecule has 106 valence electrons. The van der Waals surface area contributed by atoms with E-state index in [9.17, 15) is 4.79 Å². The van der Waals surface area contributed by atoms with Gasteiger partial charge in [0.1, 0.15) is 5.82 Å². The van der Waals surface area contributed by atoms with Gasteiger partial charge in [0.2, 0.25) is 0 Å². The maximum atomic E-state index is 12.1. The van der Waals surface area contributed by atoms with Crippen molar-refractivity contribution in [2.24, 2.45) is 0 Å². The number of H-pyrrole nitrogens is 1. The van der Waals surface area contributed by atoms with Crippen LogP contribution >= 0.6 is 0 Å². The SMILES string of the molecule is CN(C)C(=O)c1ccc(N)cc1NCCc1ncc[nH]1. The summed E-state index contributed by atoms with van der Waals surface area (Å²) >= 11 is 0. The summed E-state index contributed by atoms with van der Waals surface area (Å²) < 4.78 is 0. The number of amides is 1. The molecule has 4 N–H and O–H groups in total. The zero-order valence-electron chi connectivity index (χ0n) is 11.7. The molecular formula is C14H19N5O. The molecule has 2 rings (SSSR count). The second-order valence-electron chi connectivity index (χ2n) is 4.72. The highest BCUT2D eigenvalue weighted by Crippen LogP contribution is 2.20. The Morgan fingerprint density at radius 3 is 2.90 bits per heavy atom. The molecule has 0 saturated heterocycles. The Morgan fingerprint density at radius 1 is 1.45 bits per heavy atom. The number of anilines is 2. The summed E-state index contributed by atoms with van der Waals surface area (Å²) in [4.78, 5) is 20.8. The van der Waals surface area contributed by atoms with Crippen LogP contribution in [0.5, 0.6) is 0 Å². The quantitative estimate of drug-likeness (QED) is 0.718. The molecule has 0 fully saturated rings. The third-order valence-corrected chi connectivity index (χ3v) is 2.91. The number of rotatable bonds is 5. The van der Waals surface area contributed by atoms with E-state index in [-0.39, 0.29) is 5.91 Å². The maximum Gasteiger partial charge on any atom is 0.255 e. The molecule has 0 aliphatic heterocycles. The third kappa shape index (κ3) is 3.28. The van der Waals surface area contributed by atoms with Crippen molar-refractivity contribution in [2.75, 3.05) is 31.7 Å². The van der Waals surface area contributed by atoms with Crippen LogP contribution in [-0.2, 0) is 6.42 Å². The van der Waals surface area contributed by atoms with Gasteiger partial charge >= 0.3 is 0 Å². The lowest BCUT2D eigenvalue weighted by molar-refractivity contribution is 0.0828. The van der Waals surface area contributed by atoms with Crippen LogP contribution < -0.4 is 11.1 Å². The van der Waals surface area contributed by atoms with Crippen molar-refractivity contribution in [1.82, 2.24) is 14.9 Å². The van der Waals surface area contributed by atoms with E-state index in [4.69, 9.17) is 5.73 Å². The normalized spacial score (nSPS) is 10.3. The fraction of sp³-hybridized carbons (Fsp3) is 0.286. The lowest BCUT2D eigenvalue weighted by Gasteiger charge is -2.15. The van der Waals surface area contributed by atoms with E-state index in [0.717, 1.165) is 17.9 Å². The fourth-order valence-electron chi connectivity index (χ4n) is 1.89. The Morgan fingerprint density at radius 2 is 2.25 bits per heavy atom. The Balaban J connectivity index is 2.09. The molecule has 1 aromatic heterocycles. The maximum absolute atomic E-state index is 12.1. The molecule has 6 nitrogen and oxygen atoms in total. The highest BCUT2D eigenvalue weighted by molar-refractivity contribution is 5.99. The van der Waals surface area contributed by atoms with Crippen molar-refractivity contribution in [3.8, 4) is 0 Å². The van der Waals surface area contributed by atoms with Crippen LogP contribution in [-0.4, -0.2) is 41.4 Å². The van der Waals surface area contributed by atoms with E-state index in [1.165, 1.54) is 0 Å². The predicted molar refractivity (Wildman–Crippen MR) is 79.7 cm³/mol. The van der Waals surface area contributed by atoms with Gasteiger partial charge in [0.25, 0.3) is 5.91 Å². The molecule has 2 aromatic rings. The molecule has 0 aliphatic carbocycles. The van der Waals surface area contributed by atoms with Gasteiger partial charge in [-0.15, -0.1) is 0 Å². The summed E-state index contributed by atoms with van der Waals surface area (Å²) in [6.07, 6.45) is 4.26. The van der Waals surface area contributed by atoms with Gasteiger partial charge in [-0.05, 0) is 18.2 Å². The number of nitrogen functional groups attached to an aromatic ring is 1. The van der Waals surface area contributed by atoms with Gasteiger partial charge in [-0.2, -0.15) is 0 Å². The number of nitrogens with zero attached hydrogens (tertiary/aromatic N) is 2. The minimum Gasteiger partial charge on any atom is -0.399 e. The second-order valence-corrected chi connectivity index (χ2v) is 4.72. The molecule has 0 spiro atoms. The van der Waals surface area contributed by atoms with Gasteiger partial charge in [0.15, 0.2) is 0 Å². The van der Waals surface area contributed by atoms with Gasteiger partial charge in [-0.3, -0.25) is 4.79 Å². The number of carbonyl (C=O) groups is 1. The van der Waals surface area contributed by atoms with E-state index in [1.807, 2.05) is 0 Å². The molecule has 20 heavy (non-hydrogen) atoms. The molecule has 0 radical (unpaired) electrons. The Bertz CT molecular complexity index is 577. The van der Waals surface area contributed by atoms with E-state index >= 15 is 0 Å². The lowest BCUT2D eigenvalue weighted by Crippen LogP contribution is -2.23. The molecule has 1 amide bonds. The molecule has 1 aromatic carbocycles. The molecule has 1 heterocycles. The van der Waals surface area contributed by atoms with Crippen molar-refractivity contribution in [1.29, 1.82) is 0 Å². The zero-order chi connectivity index (χ0) is 14.5. The summed E-state index contributed by atoms with van der Waals surface area (Å²) in [6, 6.07) is 5.25. The third-order valence-electron chi connectivity index (χ3n) is 2.91. The minimum absolute atomic E-state index is 0.0505. The summed E-state index contributed by atoms with van der Waals surface area (Å²) in [5.74, 6) is 0.854. The number of aromatic amines is 1. The topological polar surface area (TPSA) is 87.0 Å². The summed E-state index contributed by atoms with van der Waals surface area (Å²) in [5, 5.41) is 3.24. The number of hydrogen-bond acceptors (Lipinski definition) is 4. The largest absolute Gasteiger partial charge is 0.399 e. The number of aromatic nitrogens is 2. The summed E-state index contributed by atoms with van der Waals surface area (Å²) in [5.41, 5.74) is 7.77. The molecule has 0 aliphatic rings. The number of hydrogen-bond donors (Lipinski definition) is 3. The van der Waals surface area contributed by atoms with Crippen LogP contribution in [0.1, 0.15) is 16.2 Å². The van der Waals surface area contributed by atoms with Gasteiger partial charge in [-0.25, -0.2) is 4.98 Å². The monoisotopic (exact) mass is 273 g/mol. The Labute approximate surface area is 118 Å². The van der Waals surface area contributed by atoms with Gasteiger partial charge in [0, 0.05) is 50.8 Å².